The molecule has 8 nitrogen and oxygen atoms in total. The Morgan fingerprint density at radius 3 is 2.57 bits per heavy atom. The number of carbonyl (C=O) groups is 3. The van der Waals surface area contributed by atoms with Gasteiger partial charge in [0.1, 0.15) is 18.1 Å². The number of hydrogen-bond acceptors (Lipinski definition) is 7. The van der Waals surface area contributed by atoms with Gasteiger partial charge in [-0.3, -0.25) is 19.3 Å². The van der Waals surface area contributed by atoms with Crippen LogP contribution in [0.3, 0.4) is 0 Å². The molecule has 2 aromatic rings. The highest BCUT2D eigenvalue weighted by atomic mass is 32.2. The highest BCUT2D eigenvalue weighted by Crippen LogP contribution is 2.33. The first-order valence-electron chi connectivity index (χ1n) is 9.26. The minimum Gasteiger partial charge on any atom is -0.457 e. The van der Waals surface area contributed by atoms with Gasteiger partial charge in [0.2, 0.25) is 5.91 Å². The smallest absolute Gasteiger partial charge is 0.294 e. The number of rotatable bonds is 4. The summed E-state index contributed by atoms with van der Waals surface area (Å²) in [5.74, 6) is 0.206. The number of nitrogens with zero attached hydrogens (tertiary/aromatic N) is 3. The lowest BCUT2D eigenvalue weighted by Gasteiger charge is -2.27. The molecule has 3 heterocycles. The molecule has 2 fully saturated rings. The standard InChI is InChI=1S/C21H17N3O5S/c22-12-14-1-3-15(4-2-14)17-6-5-16(29-17)11-18-20(26)24(21(27)30-18)13-19(25)23-7-9-28-10-8-23/h1-6,11H,7-10,13H2. The number of thioether (sulfide) groups is 1. The van der Waals surface area contributed by atoms with Gasteiger partial charge in [0, 0.05) is 24.7 Å². The van der Waals surface area contributed by atoms with Crippen LogP contribution in [0.2, 0.25) is 0 Å². The molecule has 0 unspecified atom stereocenters. The average Bonchev–Trinajstić information content (AvgIpc) is 3.35. The van der Waals surface area contributed by atoms with Crippen molar-refractivity contribution < 1.29 is 23.5 Å². The van der Waals surface area contributed by atoms with Crippen LogP contribution in [0.25, 0.3) is 17.4 Å². The van der Waals surface area contributed by atoms with Gasteiger partial charge in [0.15, 0.2) is 0 Å². The molecule has 0 atom stereocenters. The summed E-state index contributed by atoms with van der Waals surface area (Å²) >= 11 is 0.782. The van der Waals surface area contributed by atoms with Crippen molar-refractivity contribution in [2.75, 3.05) is 32.8 Å². The Balaban J connectivity index is 1.46. The van der Waals surface area contributed by atoms with Crippen molar-refractivity contribution >= 4 is 34.9 Å². The number of ether oxygens (including phenoxy) is 1. The largest absolute Gasteiger partial charge is 0.457 e. The lowest BCUT2D eigenvalue weighted by molar-refractivity contribution is -0.139. The van der Waals surface area contributed by atoms with Crippen LogP contribution in [0.15, 0.2) is 45.7 Å². The summed E-state index contributed by atoms with van der Waals surface area (Å²) in [5.41, 5.74) is 1.34. The first-order chi connectivity index (χ1) is 14.5. The monoisotopic (exact) mass is 423 g/mol. The van der Waals surface area contributed by atoms with E-state index in [4.69, 9.17) is 14.4 Å². The van der Waals surface area contributed by atoms with Crippen LogP contribution in [0.1, 0.15) is 11.3 Å². The fourth-order valence-electron chi connectivity index (χ4n) is 3.11. The molecular weight excluding hydrogens is 406 g/mol. The molecule has 30 heavy (non-hydrogen) atoms. The van der Waals surface area contributed by atoms with E-state index in [0.29, 0.717) is 43.4 Å². The quantitative estimate of drug-likeness (QED) is 0.697. The van der Waals surface area contributed by atoms with Crippen LogP contribution in [0, 0.1) is 11.3 Å². The number of amides is 3. The molecule has 2 saturated heterocycles. The van der Waals surface area contributed by atoms with E-state index in [2.05, 4.69) is 6.07 Å². The molecule has 1 aromatic carbocycles. The van der Waals surface area contributed by atoms with Crippen LogP contribution in [0.4, 0.5) is 4.79 Å². The molecule has 3 amide bonds. The Bertz CT molecular complexity index is 1060. The number of benzene rings is 1. The van der Waals surface area contributed by atoms with Gasteiger partial charge in [0.25, 0.3) is 11.1 Å². The molecule has 2 aliphatic heterocycles. The van der Waals surface area contributed by atoms with Crippen LogP contribution in [0.5, 0.6) is 0 Å². The van der Waals surface area contributed by atoms with Gasteiger partial charge >= 0.3 is 0 Å². The maximum Gasteiger partial charge on any atom is 0.294 e. The third kappa shape index (κ3) is 4.15. The number of nitriles is 1. The first-order valence-corrected chi connectivity index (χ1v) is 10.1. The predicted octanol–water partition coefficient (Wildman–Crippen LogP) is 2.71. The molecule has 9 heteroatoms. The van der Waals surface area contributed by atoms with Crippen molar-refractivity contribution in [2.24, 2.45) is 0 Å². The lowest BCUT2D eigenvalue weighted by Crippen LogP contribution is -2.46. The predicted molar refractivity (Wildman–Crippen MR) is 109 cm³/mol. The van der Waals surface area contributed by atoms with Crippen LogP contribution >= 0.6 is 11.8 Å². The summed E-state index contributed by atoms with van der Waals surface area (Å²) < 4.78 is 11.0. The van der Waals surface area contributed by atoms with Crippen molar-refractivity contribution in [2.45, 2.75) is 0 Å². The highest BCUT2D eigenvalue weighted by Gasteiger charge is 2.37. The van der Waals surface area contributed by atoms with Gasteiger partial charge in [-0.25, -0.2) is 0 Å². The van der Waals surface area contributed by atoms with Crippen LogP contribution in [-0.2, 0) is 14.3 Å². The Kier molecular flexibility index (Phi) is 5.70. The minimum atomic E-state index is -0.511. The van der Waals surface area contributed by atoms with Gasteiger partial charge in [-0.15, -0.1) is 0 Å². The third-order valence-electron chi connectivity index (χ3n) is 4.73. The van der Waals surface area contributed by atoms with Crippen molar-refractivity contribution in [1.82, 2.24) is 9.80 Å². The molecule has 0 spiro atoms. The summed E-state index contributed by atoms with van der Waals surface area (Å²) in [6.07, 6.45) is 1.50. The second kappa shape index (κ2) is 8.57. The summed E-state index contributed by atoms with van der Waals surface area (Å²) in [6.45, 7) is 1.53. The summed E-state index contributed by atoms with van der Waals surface area (Å²) in [4.78, 5) is 40.0. The number of furan rings is 1. The zero-order chi connectivity index (χ0) is 21.1. The fraction of sp³-hybridized carbons (Fsp3) is 0.238. The van der Waals surface area contributed by atoms with Crippen LogP contribution in [-0.4, -0.2) is 59.7 Å². The minimum absolute atomic E-state index is 0.204. The normalized spacial score (nSPS) is 18.2. The van der Waals surface area contributed by atoms with E-state index in [1.54, 1.807) is 41.3 Å². The van der Waals surface area contributed by atoms with Crippen molar-refractivity contribution in [3.63, 3.8) is 0 Å². The molecule has 1 aromatic heterocycles. The van der Waals surface area contributed by atoms with Gasteiger partial charge in [-0.05, 0) is 48.2 Å². The molecule has 2 aliphatic rings. The van der Waals surface area contributed by atoms with E-state index in [1.165, 1.54) is 6.08 Å². The Morgan fingerprint density at radius 2 is 1.87 bits per heavy atom. The van der Waals surface area contributed by atoms with Crippen molar-refractivity contribution in [1.29, 1.82) is 5.26 Å². The topological polar surface area (TPSA) is 104 Å². The van der Waals surface area contributed by atoms with E-state index in [9.17, 15) is 14.4 Å². The maximum atomic E-state index is 12.6. The Hall–Kier alpha value is -3.35. The SMILES string of the molecule is N#Cc1ccc(-c2ccc(C=C3SC(=O)N(CC(=O)N4CCOCC4)C3=O)o2)cc1. The Morgan fingerprint density at radius 1 is 1.13 bits per heavy atom. The average molecular weight is 423 g/mol. The summed E-state index contributed by atoms with van der Waals surface area (Å²) in [5, 5.41) is 8.40. The zero-order valence-corrected chi connectivity index (χ0v) is 16.7. The molecule has 0 saturated carbocycles. The van der Waals surface area contributed by atoms with Gasteiger partial charge in [0.05, 0.1) is 29.8 Å². The number of imide groups is 1. The second-order valence-electron chi connectivity index (χ2n) is 6.65. The first kappa shape index (κ1) is 19.9. The highest BCUT2D eigenvalue weighted by molar-refractivity contribution is 8.18. The third-order valence-corrected chi connectivity index (χ3v) is 5.64. The molecule has 0 radical (unpaired) electrons. The van der Waals surface area contributed by atoms with E-state index in [0.717, 1.165) is 22.2 Å². The number of carbonyl (C=O) groups excluding carboxylic acids is 3. The summed E-state index contributed by atoms with van der Waals surface area (Å²) in [7, 11) is 0. The lowest BCUT2D eigenvalue weighted by atomic mass is 10.1. The van der Waals surface area contributed by atoms with Crippen LogP contribution < -0.4 is 0 Å². The van der Waals surface area contributed by atoms with Crippen molar-refractivity contribution in [3.8, 4) is 17.4 Å². The Labute approximate surface area is 176 Å². The van der Waals surface area contributed by atoms with E-state index >= 15 is 0 Å². The molecule has 0 N–H and O–H groups in total. The molecule has 0 aliphatic carbocycles. The van der Waals surface area contributed by atoms with E-state index < -0.39 is 11.1 Å². The zero-order valence-electron chi connectivity index (χ0n) is 15.9. The molecular formula is C21H17N3O5S. The number of hydrogen-bond donors (Lipinski definition) is 0. The number of morpholine rings is 1. The second-order valence-corrected chi connectivity index (χ2v) is 7.65. The van der Waals surface area contributed by atoms with Gasteiger partial charge in [-0.1, -0.05) is 0 Å². The van der Waals surface area contributed by atoms with Gasteiger partial charge in [-0.2, -0.15) is 5.26 Å². The summed E-state index contributed by atoms with van der Waals surface area (Å²) in [6, 6.07) is 12.4. The maximum absolute atomic E-state index is 12.6. The van der Waals surface area contributed by atoms with Gasteiger partial charge < -0.3 is 14.1 Å². The fourth-order valence-corrected chi connectivity index (χ4v) is 3.93. The molecule has 4 rings (SSSR count). The van der Waals surface area contributed by atoms with Crippen molar-refractivity contribution in [3.05, 3.63) is 52.6 Å². The molecule has 152 valence electrons. The van der Waals surface area contributed by atoms with E-state index in [1.807, 2.05) is 0 Å². The van der Waals surface area contributed by atoms with E-state index in [-0.39, 0.29) is 17.4 Å². The molecule has 0 bridgehead atoms.